The first-order chi connectivity index (χ1) is 8.29. The number of methoxy groups -OCH3 is 1. The van der Waals surface area contributed by atoms with Crippen LogP contribution < -0.4 is 5.32 Å². The van der Waals surface area contributed by atoms with Gasteiger partial charge in [-0.05, 0) is 63.7 Å². The van der Waals surface area contributed by atoms with Gasteiger partial charge >= 0.3 is 0 Å². The van der Waals surface area contributed by atoms with Crippen LogP contribution in [-0.4, -0.2) is 50.8 Å². The van der Waals surface area contributed by atoms with E-state index in [2.05, 4.69) is 17.1 Å². The van der Waals surface area contributed by atoms with E-state index >= 15 is 0 Å². The van der Waals surface area contributed by atoms with Crippen molar-refractivity contribution in [1.82, 2.24) is 10.2 Å². The first kappa shape index (κ1) is 13.3. The Morgan fingerprint density at radius 1 is 1.24 bits per heavy atom. The van der Waals surface area contributed by atoms with Crippen LogP contribution >= 0.6 is 0 Å². The minimum Gasteiger partial charge on any atom is -0.380 e. The molecule has 2 rings (SSSR count). The van der Waals surface area contributed by atoms with Gasteiger partial charge in [-0.2, -0.15) is 0 Å². The molecule has 2 aliphatic heterocycles. The summed E-state index contributed by atoms with van der Waals surface area (Å²) in [5, 5.41) is 3.44. The van der Waals surface area contributed by atoms with Gasteiger partial charge in [-0.15, -0.1) is 0 Å². The number of hydrogen-bond acceptors (Lipinski definition) is 3. The zero-order chi connectivity index (χ0) is 12.1. The fourth-order valence-electron chi connectivity index (χ4n) is 3.14. The number of hydrogen-bond donors (Lipinski definition) is 1. The summed E-state index contributed by atoms with van der Waals surface area (Å²) in [5.74, 6) is 1.69. The maximum absolute atomic E-state index is 5.57. The van der Waals surface area contributed by atoms with Crippen molar-refractivity contribution >= 4 is 0 Å². The van der Waals surface area contributed by atoms with Gasteiger partial charge in [-0.25, -0.2) is 0 Å². The van der Waals surface area contributed by atoms with Crippen LogP contribution in [0.15, 0.2) is 0 Å². The van der Waals surface area contributed by atoms with Crippen molar-refractivity contribution in [2.45, 2.75) is 38.7 Å². The lowest BCUT2D eigenvalue weighted by Crippen LogP contribution is -2.44. The molecule has 3 nitrogen and oxygen atoms in total. The molecule has 0 amide bonds. The predicted molar refractivity (Wildman–Crippen MR) is 71.2 cm³/mol. The number of rotatable bonds is 4. The summed E-state index contributed by atoms with van der Waals surface area (Å²) in [4.78, 5) is 2.61. The molecule has 2 unspecified atom stereocenters. The third kappa shape index (κ3) is 3.94. The van der Waals surface area contributed by atoms with Crippen LogP contribution in [0.1, 0.15) is 32.6 Å². The molecule has 0 radical (unpaired) electrons. The van der Waals surface area contributed by atoms with Crippen LogP contribution in [0.5, 0.6) is 0 Å². The molecule has 2 fully saturated rings. The van der Waals surface area contributed by atoms with Gasteiger partial charge in [-0.3, -0.25) is 0 Å². The largest absolute Gasteiger partial charge is 0.380 e. The number of nitrogens with one attached hydrogen (secondary N) is 1. The summed E-state index contributed by atoms with van der Waals surface area (Å²) < 4.78 is 5.57. The van der Waals surface area contributed by atoms with Crippen molar-refractivity contribution in [1.29, 1.82) is 0 Å². The third-order valence-corrected chi connectivity index (χ3v) is 4.59. The Labute approximate surface area is 106 Å². The zero-order valence-corrected chi connectivity index (χ0v) is 11.5. The molecule has 100 valence electrons. The van der Waals surface area contributed by atoms with Gasteiger partial charge in [0.05, 0.1) is 6.10 Å². The highest BCUT2D eigenvalue weighted by atomic mass is 16.5. The van der Waals surface area contributed by atoms with Gasteiger partial charge in [0, 0.05) is 13.7 Å². The summed E-state index contributed by atoms with van der Waals surface area (Å²) in [6.45, 7) is 8.45. The highest BCUT2D eigenvalue weighted by Crippen LogP contribution is 2.22. The topological polar surface area (TPSA) is 24.5 Å². The molecule has 2 saturated heterocycles. The number of ether oxygens (including phenoxy) is 1. The Morgan fingerprint density at radius 2 is 2.00 bits per heavy atom. The smallest absolute Gasteiger partial charge is 0.0724 e. The monoisotopic (exact) mass is 240 g/mol. The summed E-state index contributed by atoms with van der Waals surface area (Å²) in [5.41, 5.74) is 0. The van der Waals surface area contributed by atoms with Crippen LogP contribution in [0.3, 0.4) is 0 Å². The quantitative estimate of drug-likeness (QED) is 0.810. The van der Waals surface area contributed by atoms with E-state index in [4.69, 9.17) is 4.74 Å². The van der Waals surface area contributed by atoms with E-state index in [1.807, 2.05) is 7.11 Å². The summed E-state index contributed by atoms with van der Waals surface area (Å²) in [6, 6.07) is 0. The van der Waals surface area contributed by atoms with Crippen molar-refractivity contribution in [2.75, 3.05) is 39.8 Å². The molecule has 0 aromatic heterocycles. The van der Waals surface area contributed by atoms with Gasteiger partial charge in [0.25, 0.3) is 0 Å². The van der Waals surface area contributed by atoms with Gasteiger partial charge < -0.3 is 15.0 Å². The van der Waals surface area contributed by atoms with Gasteiger partial charge in [0.2, 0.25) is 0 Å². The van der Waals surface area contributed by atoms with Crippen molar-refractivity contribution in [3.63, 3.8) is 0 Å². The van der Waals surface area contributed by atoms with Crippen molar-refractivity contribution in [3.05, 3.63) is 0 Å². The maximum Gasteiger partial charge on any atom is 0.0724 e. The average Bonchev–Trinajstić information content (AvgIpc) is 2.39. The van der Waals surface area contributed by atoms with Crippen LogP contribution in [0.2, 0.25) is 0 Å². The molecule has 0 aromatic carbocycles. The Morgan fingerprint density at radius 3 is 2.71 bits per heavy atom. The van der Waals surface area contributed by atoms with Crippen molar-refractivity contribution in [2.24, 2.45) is 11.8 Å². The van der Waals surface area contributed by atoms with E-state index < -0.39 is 0 Å². The Balaban J connectivity index is 1.68. The molecular formula is C14H28N2O. The van der Waals surface area contributed by atoms with Crippen molar-refractivity contribution in [3.8, 4) is 0 Å². The van der Waals surface area contributed by atoms with Gasteiger partial charge in [0.15, 0.2) is 0 Å². The van der Waals surface area contributed by atoms with Crippen molar-refractivity contribution < 1.29 is 4.74 Å². The first-order valence-electron chi connectivity index (χ1n) is 7.25. The maximum atomic E-state index is 5.57. The lowest BCUT2D eigenvalue weighted by molar-refractivity contribution is -0.00657. The van der Waals surface area contributed by atoms with Crippen LogP contribution in [0, 0.1) is 11.8 Å². The molecule has 0 bridgehead atoms. The summed E-state index contributed by atoms with van der Waals surface area (Å²) in [6.07, 6.45) is 5.88. The molecule has 0 aliphatic carbocycles. The highest BCUT2D eigenvalue weighted by molar-refractivity contribution is 4.79. The van der Waals surface area contributed by atoms with E-state index in [0.29, 0.717) is 6.10 Å². The molecule has 0 saturated carbocycles. The minimum atomic E-state index is 0.455. The van der Waals surface area contributed by atoms with E-state index in [-0.39, 0.29) is 0 Å². The number of piperidine rings is 2. The molecule has 1 N–H and O–H groups in total. The van der Waals surface area contributed by atoms with E-state index in [9.17, 15) is 0 Å². The Hall–Kier alpha value is -0.120. The number of nitrogens with zero attached hydrogens (tertiary/aromatic N) is 1. The predicted octanol–water partition coefficient (Wildman–Crippen LogP) is 1.73. The second-order valence-electron chi connectivity index (χ2n) is 5.82. The third-order valence-electron chi connectivity index (χ3n) is 4.59. The molecule has 0 spiro atoms. The molecule has 3 heteroatoms. The van der Waals surface area contributed by atoms with Gasteiger partial charge in [0.1, 0.15) is 0 Å². The molecule has 2 atom stereocenters. The fraction of sp³-hybridized carbons (Fsp3) is 1.00. The minimum absolute atomic E-state index is 0.455. The standard InChI is InChI=1S/C14H28N2O/c1-12-5-9-16(11-14(12)17-2)10-6-13-3-7-15-8-4-13/h12-15H,3-11H2,1-2H3. The SMILES string of the molecule is COC1CN(CCC2CCNCC2)CCC1C. The fourth-order valence-corrected chi connectivity index (χ4v) is 3.14. The zero-order valence-electron chi connectivity index (χ0n) is 11.5. The molecule has 0 aromatic rings. The molecule has 2 heterocycles. The van der Waals surface area contributed by atoms with Gasteiger partial charge in [-0.1, -0.05) is 6.92 Å². The Kier molecular flexibility index (Phi) is 5.26. The average molecular weight is 240 g/mol. The van der Waals surface area contributed by atoms with E-state index in [1.165, 1.54) is 51.9 Å². The summed E-state index contributed by atoms with van der Waals surface area (Å²) >= 11 is 0. The number of likely N-dealkylation sites (tertiary alicyclic amines) is 1. The molecular weight excluding hydrogens is 212 g/mol. The normalized spacial score (nSPS) is 32.8. The van der Waals surface area contributed by atoms with Crippen LogP contribution in [0.25, 0.3) is 0 Å². The lowest BCUT2D eigenvalue weighted by atomic mass is 9.92. The first-order valence-corrected chi connectivity index (χ1v) is 7.25. The Bertz CT molecular complexity index is 216. The van der Waals surface area contributed by atoms with E-state index in [0.717, 1.165) is 18.4 Å². The van der Waals surface area contributed by atoms with Crippen LogP contribution in [-0.2, 0) is 4.74 Å². The second-order valence-corrected chi connectivity index (χ2v) is 5.82. The van der Waals surface area contributed by atoms with Crippen LogP contribution in [0.4, 0.5) is 0 Å². The summed E-state index contributed by atoms with van der Waals surface area (Å²) in [7, 11) is 1.86. The molecule has 17 heavy (non-hydrogen) atoms. The second kappa shape index (κ2) is 6.72. The highest BCUT2D eigenvalue weighted by Gasteiger charge is 2.26. The lowest BCUT2D eigenvalue weighted by Gasteiger charge is -2.37. The molecule has 2 aliphatic rings. The van der Waals surface area contributed by atoms with E-state index in [1.54, 1.807) is 0 Å².